The van der Waals surface area contributed by atoms with Crippen molar-refractivity contribution >= 4 is 6.03 Å². The molecule has 5 nitrogen and oxygen atoms in total. The number of aromatic nitrogens is 1. The molecule has 1 heterocycles. The lowest BCUT2D eigenvalue weighted by molar-refractivity contribution is 0.239. The molecular weight excluding hydrogens is 338 g/mol. The Bertz CT molecular complexity index is 881. The molecule has 2 amide bonds. The van der Waals surface area contributed by atoms with E-state index in [2.05, 4.69) is 15.6 Å². The SMILES string of the molecule is Cc1cccc(CNC(=O)NCc2ccccc2OCc2ccccc2)n1. The van der Waals surface area contributed by atoms with E-state index < -0.39 is 0 Å². The lowest BCUT2D eigenvalue weighted by Gasteiger charge is -2.13. The van der Waals surface area contributed by atoms with Gasteiger partial charge in [0, 0.05) is 17.8 Å². The highest BCUT2D eigenvalue weighted by Gasteiger charge is 2.06. The van der Waals surface area contributed by atoms with Gasteiger partial charge in [0.2, 0.25) is 0 Å². The Balaban J connectivity index is 1.50. The number of carbonyl (C=O) groups excluding carboxylic acids is 1. The first kappa shape index (κ1) is 18.5. The molecule has 5 heteroatoms. The summed E-state index contributed by atoms with van der Waals surface area (Å²) in [5.41, 5.74) is 3.79. The molecule has 2 aromatic carbocycles. The maximum atomic E-state index is 12.1. The topological polar surface area (TPSA) is 63.2 Å². The van der Waals surface area contributed by atoms with E-state index in [0.717, 1.165) is 28.3 Å². The van der Waals surface area contributed by atoms with Gasteiger partial charge in [-0.05, 0) is 30.7 Å². The van der Waals surface area contributed by atoms with Crippen LogP contribution in [0, 0.1) is 6.92 Å². The number of ether oxygens (including phenoxy) is 1. The van der Waals surface area contributed by atoms with E-state index in [1.54, 1.807) is 0 Å². The summed E-state index contributed by atoms with van der Waals surface area (Å²) in [7, 11) is 0. The van der Waals surface area contributed by atoms with Gasteiger partial charge in [0.1, 0.15) is 12.4 Å². The van der Waals surface area contributed by atoms with Gasteiger partial charge < -0.3 is 15.4 Å². The Hall–Kier alpha value is -3.34. The molecule has 3 rings (SSSR count). The Kier molecular flexibility index (Phi) is 6.41. The van der Waals surface area contributed by atoms with Gasteiger partial charge in [-0.25, -0.2) is 4.79 Å². The average Bonchev–Trinajstić information content (AvgIpc) is 2.70. The third kappa shape index (κ3) is 5.85. The highest BCUT2D eigenvalue weighted by Crippen LogP contribution is 2.19. The summed E-state index contributed by atoms with van der Waals surface area (Å²) in [6.07, 6.45) is 0. The Morgan fingerprint density at radius 2 is 1.63 bits per heavy atom. The van der Waals surface area contributed by atoms with Crippen molar-refractivity contribution in [2.75, 3.05) is 0 Å². The first-order valence-electron chi connectivity index (χ1n) is 8.89. The van der Waals surface area contributed by atoms with Gasteiger partial charge >= 0.3 is 6.03 Å². The molecule has 2 N–H and O–H groups in total. The van der Waals surface area contributed by atoms with Crippen molar-refractivity contribution in [1.29, 1.82) is 0 Å². The highest BCUT2D eigenvalue weighted by atomic mass is 16.5. The van der Waals surface area contributed by atoms with Crippen molar-refractivity contribution < 1.29 is 9.53 Å². The summed E-state index contributed by atoms with van der Waals surface area (Å²) in [4.78, 5) is 16.4. The molecule has 27 heavy (non-hydrogen) atoms. The van der Waals surface area contributed by atoms with Crippen molar-refractivity contribution in [3.05, 3.63) is 95.3 Å². The van der Waals surface area contributed by atoms with Crippen LogP contribution in [-0.4, -0.2) is 11.0 Å². The van der Waals surface area contributed by atoms with E-state index in [9.17, 15) is 4.79 Å². The zero-order valence-corrected chi connectivity index (χ0v) is 15.3. The minimum atomic E-state index is -0.240. The van der Waals surface area contributed by atoms with Crippen LogP contribution < -0.4 is 15.4 Å². The first-order valence-corrected chi connectivity index (χ1v) is 8.89. The number of carbonyl (C=O) groups is 1. The molecule has 0 spiro atoms. The van der Waals surface area contributed by atoms with E-state index in [0.29, 0.717) is 19.7 Å². The summed E-state index contributed by atoms with van der Waals surface area (Å²) in [6, 6.07) is 23.2. The van der Waals surface area contributed by atoms with Crippen molar-refractivity contribution in [3.8, 4) is 5.75 Å². The molecule has 3 aromatic rings. The summed E-state index contributed by atoms with van der Waals surface area (Å²) in [6.45, 7) is 3.19. The standard InChI is InChI=1S/C22H23N3O2/c1-17-8-7-12-20(25-17)15-24-22(26)23-14-19-11-5-6-13-21(19)27-16-18-9-3-2-4-10-18/h2-13H,14-16H2,1H3,(H2,23,24,26). The van der Waals surface area contributed by atoms with Gasteiger partial charge in [-0.3, -0.25) is 4.98 Å². The number of aryl methyl sites for hydroxylation is 1. The van der Waals surface area contributed by atoms with Crippen LogP contribution in [0.4, 0.5) is 4.79 Å². The predicted molar refractivity (Wildman–Crippen MR) is 105 cm³/mol. The van der Waals surface area contributed by atoms with Gasteiger partial charge in [0.05, 0.1) is 12.2 Å². The molecule has 0 radical (unpaired) electrons. The molecule has 0 atom stereocenters. The first-order chi connectivity index (χ1) is 13.2. The van der Waals surface area contributed by atoms with Crippen LogP contribution in [0.5, 0.6) is 5.75 Å². The van der Waals surface area contributed by atoms with Crippen LogP contribution in [0.3, 0.4) is 0 Å². The maximum absolute atomic E-state index is 12.1. The molecule has 1 aromatic heterocycles. The van der Waals surface area contributed by atoms with Crippen molar-refractivity contribution in [3.63, 3.8) is 0 Å². The monoisotopic (exact) mass is 361 g/mol. The summed E-state index contributed by atoms with van der Waals surface area (Å²) in [5.74, 6) is 0.766. The fourth-order valence-corrected chi connectivity index (χ4v) is 2.63. The lowest BCUT2D eigenvalue weighted by Crippen LogP contribution is -2.34. The number of urea groups is 1. The number of rotatable bonds is 7. The van der Waals surface area contributed by atoms with Gasteiger partial charge in [-0.1, -0.05) is 54.6 Å². The van der Waals surface area contributed by atoms with Crippen molar-refractivity contribution in [2.45, 2.75) is 26.6 Å². The second kappa shape index (κ2) is 9.38. The van der Waals surface area contributed by atoms with Crippen LogP contribution in [0.2, 0.25) is 0 Å². The highest BCUT2D eigenvalue weighted by molar-refractivity contribution is 5.73. The van der Waals surface area contributed by atoms with E-state index >= 15 is 0 Å². The molecule has 0 saturated heterocycles. The van der Waals surface area contributed by atoms with Gasteiger partial charge in [-0.15, -0.1) is 0 Å². The molecule has 0 unspecified atom stereocenters. The van der Waals surface area contributed by atoms with Gasteiger partial charge in [-0.2, -0.15) is 0 Å². The molecule has 0 bridgehead atoms. The van der Waals surface area contributed by atoms with E-state index in [1.165, 1.54) is 0 Å². The third-order valence-corrected chi connectivity index (χ3v) is 4.03. The number of benzene rings is 2. The smallest absolute Gasteiger partial charge is 0.315 e. The number of para-hydroxylation sites is 1. The normalized spacial score (nSPS) is 10.3. The maximum Gasteiger partial charge on any atom is 0.315 e. The largest absolute Gasteiger partial charge is 0.489 e. The van der Waals surface area contributed by atoms with Crippen LogP contribution in [0.25, 0.3) is 0 Å². The number of hydrogen-bond acceptors (Lipinski definition) is 3. The minimum absolute atomic E-state index is 0.240. The van der Waals surface area contributed by atoms with Crippen LogP contribution in [0.15, 0.2) is 72.8 Å². The van der Waals surface area contributed by atoms with Crippen molar-refractivity contribution in [2.24, 2.45) is 0 Å². The molecule has 0 aliphatic carbocycles. The number of nitrogens with one attached hydrogen (secondary N) is 2. The van der Waals surface area contributed by atoms with E-state index in [1.807, 2.05) is 79.7 Å². The minimum Gasteiger partial charge on any atom is -0.489 e. The summed E-state index contributed by atoms with van der Waals surface area (Å²) in [5, 5.41) is 5.68. The number of amides is 2. The van der Waals surface area contributed by atoms with Crippen molar-refractivity contribution in [1.82, 2.24) is 15.6 Å². The van der Waals surface area contributed by atoms with Crippen LogP contribution in [0.1, 0.15) is 22.5 Å². The summed E-state index contributed by atoms with van der Waals surface area (Å²) < 4.78 is 5.92. The molecule has 0 saturated carbocycles. The molecule has 0 fully saturated rings. The molecular formula is C22H23N3O2. The second-order valence-corrected chi connectivity index (χ2v) is 6.19. The fourth-order valence-electron chi connectivity index (χ4n) is 2.63. The Morgan fingerprint density at radius 3 is 2.44 bits per heavy atom. The Labute approximate surface area is 159 Å². The second-order valence-electron chi connectivity index (χ2n) is 6.19. The van der Waals surface area contributed by atoms with Gasteiger partial charge in [0.15, 0.2) is 0 Å². The third-order valence-electron chi connectivity index (χ3n) is 4.03. The van der Waals surface area contributed by atoms with Crippen LogP contribution >= 0.6 is 0 Å². The predicted octanol–water partition coefficient (Wildman–Crippen LogP) is 3.97. The summed E-state index contributed by atoms with van der Waals surface area (Å²) >= 11 is 0. The molecule has 138 valence electrons. The zero-order valence-electron chi connectivity index (χ0n) is 15.3. The van der Waals surface area contributed by atoms with Gasteiger partial charge in [0.25, 0.3) is 0 Å². The molecule has 0 aliphatic heterocycles. The zero-order chi connectivity index (χ0) is 18.9. The quantitative estimate of drug-likeness (QED) is 0.669. The number of nitrogens with zero attached hydrogens (tertiary/aromatic N) is 1. The van der Waals surface area contributed by atoms with Crippen LogP contribution in [-0.2, 0) is 19.7 Å². The fraction of sp³-hybridized carbons (Fsp3) is 0.182. The number of pyridine rings is 1. The average molecular weight is 361 g/mol. The number of hydrogen-bond donors (Lipinski definition) is 2. The van der Waals surface area contributed by atoms with E-state index in [-0.39, 0.29) is 6.03 Å². The lowest BCUT2D eigenvalue weighted by atomic mass is 10.2. The Morgan fingerprint density at radius 1 is 0.889 bits per heavy atom. The van der Waals surface area contributed by atoms with E-state index in [4.69, 9.17) is 4.74 Å². The molecule has 0 aliphatic rings.